The van der Waals surface area contributed by atoms with Crippen molar-refractivity contribution in [1.82, 2.24) is 9.97 Å². The summed E-state index contributed by atoms with van der Waals surface area (Å²) in [5.74, 6) is 1.57. The Morgan fingerprint density at radius 1 is 0.810 bits per heavy atom. The second-order valence-electron chi connectivity index (χ2n) is 4.80. The molecule has 0 spiro atoms. The quantitative estimate of drug-likeness (QED) is 0.752. The molecule has 0 saturated carbocycles. The van der Waals surface area contributed by atoms with Gasteiger partial charge < -0.3 is 19.4 Å². The topological polar surface area (TPSA) is 50.0 Å². The van der Waals surface area contributed by atoms with Crippen LogP contribution >= 0.6 is 0 Å². The van der Waals surface area contributed by atoms with Crippen LogP contribution in [0.1, 0.15) is 22.9 Å². The third-order valence-corrected chi connectivity index (χ3v) is 3.61. The molecule has 1 aromatic carbocycles. The van der Waals surface area contributed by atoms with E-state index in [0.29, 0.717) is 0 Å². The summed E-state index contributed by atoms with van der Waals surface area (Å²) in [7, 11) is 3.30. The van der Waals surface area contributed by atoms with E-state index >= 15 is 0 Å². The van der Waals surface area contributed by atoms with Crippen LogP contribution in [0.2, 0.25) is 0 Å². The van der Waals surface area contributed by atoms with Gasteiger partial charge in [0.25, 0.3) is 0 Å². The number of rotatable bonds is 5. The van der Waals surface area contributed by atoms with Crippen molar-refractivity contribution < 1.29 is 9.47 Å². The zero-order valence-corrected chi connectivity index (χ0v) is 12.1. The first-order chi connectivity index (χ1) is 10.3. The Bertz CT molecular complexity index is 653. The molecule has 0 unspecified atom stereocenters. The molecular weight excluding hydrogens is 264 g/mol. The number of benzene rings is 1. The fraction of sp³-hybridized carbons (Fsp3) is 0.176. The second-order valence-corrected chi connectivity index (χ2v) is 4.80. The minimum atomic E-state index is 0.106. The molecule has 3 aromatic rings. The Hall–Kier alpha value is -2.62. The molecule has 0 fully saturated rings. The number of aromatic nitrogens is 2. The fourth-order valence-corrected chi connectivity index (χ4v) is 2.61. The summed E-state index contributed by atoms with van der Waals surface area (Å²) >= 11 is 0. The third kappa shape index (κ3) is 2.52. The fourth-order valence-electron chi connectivity index (χ4n) is 2.61. The standard InChI is InChI=1S/C17H18N2O2/c1-20-15-8-7-12(11-16(15)21-2)17(13-5-3-9-18-13)14-6-4-10-19-14/h3-11,17-19H,1-2H3. The number of hydrogen-bond acceptors (Lipinski definition) is 2. The Balaban J connectivity index is 2.09. The molecule has 2 N–H and O–H groups in total. The highest BCUT2D eigenvalue weighted by Crippen LogP contribution is 2.35. The second kappa shape index (κ2) is 5.79. The molecule has 2 heterocycles. The molecule has 0 aliphatic heterocycles. The predicted octanol–water partition coefficient (Wildman–Crippen LogP) is 3.54. The number of ether oxygens (including phenoxy) is 2. The number of methoxy groups -OCH3 is 2. The molecular formula is C17H18N2O2. The lowest BCUT2D eigenvalue weighted by atomic mass is 9.92. The average Bonchev–Trinajstić information content (AvgIpc) is 3.21. The van der Waals surface area contributed by atoms with Gasteiger partial charge in [0.15, 0.2) is 11.5 Å². The van der Waals surface area contributed by atoms with E-state index in [2.05, 4.69) is 28.2 Å². The molecule has 0 bridgehead atoms. The number of H-pyrrole nitrogens is 2. The highest BCUT2D eigenvalue weighted by molar-refractivity contribution is 5.48. The van der Waals surface area contributed by atoms with Crippen molar-refractivity contribution >= 4 is 0 Å². The first-order valence-corrected chi connectivity index (χ1v) is 6.82. The minimum Gasteiger partial charge on any atom is -0.493 e. The van der Waals surface area contributed by atoms with Gasteiger partial charge in [-0.25, -0.2) is 0 Å². The maximum Gasteiger partial charge on any atom is 0.161 e. The van der Waals surface area contributed by atoms with Gasteiger partial charge in [0.05, 0.1) is 20.1 Å². The molecule has 0 aliphatic carbocycles. The molecule has 2 aromatic heterocycles. The Morgan fingerprint density at radius 2 is 1.43 bits per heavy atom. The van der Waals surface area contributed by atoms with Crippen LogP contribution < -0.4 is 9.47 Å². The van der Waals surface area contributed by atoms with Crippen LogP contribution in [0.25, 0.3) is 0 Å². The van der Waals surface area contributed by atoms with E-state index in [-0.39, 0.29) is 5.92 Å². The van der Waals surface area contributed by atoms with Gasteiger partial charge in [-0.2, -0.15) is 0 Å². The average molecular weight is 282 g/mol. The number of hydrogen-bond donors (Lipinski definition) is 2. The van der Waals surface area contributed by atoms with Gasteiger partial charge in [-0.05, 0) is 42.0 Å². The maximum atomic E-state index is 5.42. The van der Waals surface area contributed by atoms with Crippen LogP contribution in [0.3, 0.4) is 0 Å². The van der Waals surface area contributed by atoms with E-state index in [0.717, 1.165) is 28.5 Å². The minimum absolute atomic E-state index is 0.106. The zero-order valence-electron chi connectivity index (χ0n) is 12.1. The first-order valence-electron chi connectivity index (χ1n) is 6.82. The van der Waals surface area contributed by atoms with Crippen molar-refractivity contribution in [1.29, 1.82) is 0 Å². The summed E-state index contributed by atoms with van der Waals surface area (Å²) in [5.41, 5.74) is 3.40. The van der Waals surface area contributed by atoms with Crippen molar-refractivity contribution in [2.24, 2.45) is 0 Å². The van der Waals surface area contributed by atoms with Crippen LogP contribution in [0, 0.1) is 0 Å². The maximum absolute atomic E-state index is 5.42. The summed E-state index contributed by atoms with van der Waals surface area (Å²) in [4.78, 5) is 6.60. The lowest BCUT2D eigenvalue weighted by Crippen LogP contribution is -2.05. The van der Waals surface area contributed by atoms with E-state index in [9.17, 15) is 0 Å². The lowest BCUT2D eigenvalue weighted by Gasteiger charge is -2.17. The number of aromatic amines is 2. The molecule has 4 nitrogen and oxygen atoms in total. The molecule has 0 saturated heterocycles. The van der Waals surface area contributed by atoms with Crippen molar-refractivity contribution in [3.05, 3.63) is 71.8 Å². The van der Waals surface area contributed by atoms with Gasteiger partial charge in [-0.1, -0.05) is 6.07 Å². The van der Waals surface area contributed by atoms with E-state index < -0.39 is 0 Å². The highest BCUT2D eigenvalue weighted by Gasteiger charge is 2.20. The van der Waals surface area contributed by atoms with Crippen molar-refractivity contribution in [2.75, 3.05) is 14.2 Å². The lowest BCUT2D eigenvalue weighted by molar-refractivity contribution is 0.354. The third-order valence-electron chi connectivity index (χ3n) is 3.61. The summed E-state index contributed by atoms with van der Waals surface area (Å²) in [6, 6.07) is 14.2. The zero-order chi connectivity index (χ0) is 14.7. The van der Waals surface area contributed by atoms with Crippen LogP contribution in [0.5, 0.6) is 11.5 Å². The van der Waals surface area contributed by atoms with Gasteiger partial charge in [0, 0.05) is 23.8 Å². The van der Waals surface area contributed by atoms with Gasteiger partial charge in [-0.3, -0.25) is 0 Å². The van der Waals surface area contributed by atoms with Gasteiger partial charge in [-0.15, -0.1) is 0 Å². The van der Waals surface area contributed by atoms with Crippen LogP contribution in [0.15, 0.2) is 54.9 Å². The molecule has 4 heteroatoms. The molecule has 3 rings (SSSR count). The summed E-state index contributed by atoms with van der Waals surface area (Å²) in [5, 5.41) is 0. The molecule has 21 heavy (non-hydrogen) atoms. The van der Waals surface area contributed by atoms with Crippen LogP contribution in [-0.2, 0) is 0 Å². The molecule has 0 radical (unpaired) electrons. The van der Waals surface area contributed by atoms with Gasteiger partial charge in [0.1, 0.15) is 0 Å². The Kier molecular flexibility index (Phi) is 3.69. The first kappa shape index (κ1) is 13.4. The van der Waals surface area contributed by atoms with Crippen molar-refractivity contribution in [3.63, 3.8) is 0 Å². The molecule has 0 atom stereocenters. The van der Waals surface area contributed by atoms with E-state index in [1.165, 1.54) is 0 Å². The smallest absolute Gasteiger partial charge is 0.161 e. The molecule has 108 valence electrons. The van der Waals surface area contributed by atoms with E-state index in [1.807, 2.05) is 36.7 Å². The molecule has 0 aliphatic rings. The number of nitrogens with one attached hydrogen (secondary N) is 2. The van der Waals surface area contributed by atoms with Gasteiger partial charge >= 0.3 is 0 Å². The Morgan fingerprint density at radius 3 is 1.90 bits per heavy atom. The SMILES string of the molecule is COc1ccc(C(c2ccc[nH]2)c2ccc[nH]2)cc1OC. The molecule has 0 amide bonds. The van der Waals surface area contributed by atoms with E-state index in [1.54, 1.807) is 14.2 Å². The summed E-state index contributed by atoms with van der Waals surface area (Å²) in [6.45, 7) is 0. The summed E-state index contributed by atoms with van der Waals surface area (Å²) in [6.07, 6.45) is 3.87. The van der Waals surface area contributed by atoms with Gasteiger partial charge in [0.2, 0.25) is 0 Å². The van der Waals surface area contributed by atoms with E-state index in [4.69, 9.17) is 9.47 Å². The largest absolute Gasteiger partial charge is 0.493 e. The normalized spacial score (nSPS) is 10.8. The summed E-state index contributed by atoms with van der Waals surface area (Å²) < 4.78 is 10.7. The monoisotopic (exact) mass is 282 g/mol. The van der Waals surface area contributed by atoms with Crippen LogP contribution in [0.4, 0.5) is 0 Å². The van der Waals surface area contributed by atoms with Crippen LogP contribution in [-0.4, -0.2) is 24.2 Å². The predicted molar refractivity (Wildman–Crippen MR) is 82.1 cm³/mol. The van der Waals surface area contributed by atoms with Crippen molar-refractivity contribution in [3.8, 4) is 11.5 Å². The van der Waals surface area contributed by atoms with Crippen molar-refractivity contribution in [2.45, 2.75) is 5.92 Å². The Labute approximate surface area is 123 Å². The highest BCUT2D eigenvalue weighted by atomic mass is 16.5.